The second-order valence-corrected chi connectivity index (χ2v) is 5.21. The van der Waals surface area contributed by atoms with Crippen LogP contribution in [0.1, 0.15) is 20.1 Å². The number of ether oxygens (including phenoxy) is 2. The molecule has 0 spiro atoms. The van der Waals surface area contributed by atoms with E-state index < -0.39 is 5.82 Å². The fraction of sp³-hybridized carbons (Fsp3) is 0.214. The minimum atomic E-state index is -0.617. The monoisotopic (exact) mass is 280 g/mol. The van der Waals surface area contributed by atoms with E-state index in [0.717, 1.165) is 10.9 Å². The van der Waals surface area contributed by atoms with Gasteiger partial charge in [0.2, 0.25) is 5.78 Å². The normalized spacial score (nSPS) is 10.3. The second-order valence-electron chi connectivity index (χ2n) is 3.93. The van der Waals surface area contributed by atoms with Gasteiger partial charge in [-0.2, -0.15) is 0 Å². The van der Waals surface area contributed by atoms with Crippen molar-refractivity contribution in [1.29, 1.82) is 0 Å². The average molecular weight is 280 g/mol. The number of ketones is 1. The third kappa shape index (κ3) is 2.61. The maximum absolute atomic E-state index is 13.9. The Morgan fingerprint density at radius 1 is 1.16 bits per heavy atom. The minimum Gasteiger partial charge on any atom is -0.493 e. The largest absolute Gasteiger partial charge is 0.493 e. The third-order valence-electron chi connectivity index (χ3n) is 2.68. The topological polar surface area (TPSA) is 35.5 Å². The molecule has 1 heterocycles. The number of thiophene rings is 1. The molecule has 2 aromatic rings. The molecule has 0 aliphatic rings. The van der Waals surface area contributed by atoms with Crippen molar-refractivity contribution in [2.75, 3.05) is 14.2 Å². The molecule has 100 valence electrons. The van der Waals surface area contributed by atoms with Crippen molar-refractivity contribution in [2.45, 2.75) is 6.92 Å². The summed E-state index contributed by atoms with van der Waals surface area (Å²) < 4.78 is 24.0. The van der Waals surface area contributed by atoms with Gasteiger partial charge in [-0.25, -0.2) is 4.39 Å². The SMILES string of the molecule is COc1cc(F)c(C(=O)c2ccc(C)s2)cc1OC. The fourth-order valence-electron chi connectivity index (χ4n) is 1.72. The molecule has 0 bridgehead atoms. The van der Waals surface area contributed by atoms with E-state index in [1.165, 1.54) is 31.6 Å². The second kappa shape index (κ2) is 5.40. The summed E-state index contributed by atoms with van der Waals surface area (Å²) in [5, 5.41) is 0. The van der Waals surface area contributed by atoms with Gasteiger partial charge in [0.15, 0.2) is 11.5 Å². The molecule has 0 N–H and O–H groups in total. The molecular formula is C14H13FO3S. The number of benzene rings is 1. The molecule has 0 atom stereocenters. The van der Waals surface area contributed by atoms with Gasteiger partial charge in [-0.1, -0.05) is 0 Å². The van der Waals surface area contributed by atoms with E-state index in [1.54, 1.807) is 6.07 Å². The van der Waals surface area contributed by atoms with E-state index in [0.29, 0.717) is 10.6 Å². The van der Waals surface area contributed by atoms with E-state index in [4.69, 9.17) is 9.47 Å². The molecule has 0 fully saturated rings. The van der Waals surface area contributed by atoms with Crippen molar-refractivity contribution < 1.29 is 18.7 Å². The van der Waals surface area contributed by atoms with Gasteiger partial charge in [0.05, 0.1) is 24.7 Å². The Hall–Kier alpha value is -1.88. The third-order valence-corrected chi connectivity index (χ3v) is 3.68. The summed E-state index contributed by atoms with van der Waals surface area (Å²) >= 11 is 1.33. The van der Waals surface area contributed by atoms with Crippen LogP contribution in [0.15, 0.2) is 24.3 Å². The molecule has 3 nitrogen and oxygen atoms in total. The molecule has 0 saturated heterocycles. The van der Waals surface area contributed by atoms with Crippen LogP contribution in [-0.4, -0.2) is 20.0 Å². The smallest absolute Gasteiger partial charge is 0.206 e. The highest BCUT2D eigenvalue weighted by molar-refractivity contribution is 7.14. The fourth-order valence-corrected chi connectivity index (χ4v) is 2.54. The predicted octanol–water partition coefficient (Wildman–Crippen LogP) is 3.44. The highest BCUT2D eigenvalue weighted by Gasteiger charge is 2.19. The number of carbonyl (C=O) groups is 1. The zero-order chi connectivity index (χ0) is 14.0. The molecule has 19 heavy (non-hydrogen) atoms. The molecule has 0 amide bonds. The van der Waals surface area contributed by atoms with E-state index >= 15 is 0 Å². The highest BCUT2D eigenvalue weighted by Crippen LogP contribution is 2.31. The summed E-state index contributed by atoms with van der Waals surface area (Å²) in [6.07, 6.45) is 0. The number of carbonyl (C=O) groups excluding carboxylic acids is 1. The van der Waals surface area contributed by atoms with Gasteiger partial charge in [0.1, 0.15) is 5.82 Å². The summed E-state index contributed by atoms with van der Waals surface area (Å²) in [5.41, 5.74) is -0.0144. The summed E-state index contributed by atoms with van der Waals surface area (Å²) in [5.74, 6) is -0.371. The lowest BCUT2D eigenvalue weighted by Crippen LogP contribution is -2.04. The molecule has 0 unspecified atom stereocenters. The first-order valence-corrected chi connectivity index (χ1v) is 6.41. The van der Waals surface area contributed by atoms with Crippen LogP contribution in [0.4, 0.5) is 4.39 Å². The van der Waals surface area contributed by atoms with Crippen molar-refractivity contribution in [3.05, 3.63) is 45.4 Å². The van der Waals surface area contributed by atoms with Gasteiger partial charge in [-0.05, 0) is 25.1 Å². The van der Waals surface area contributed by atoms with Crippen LogP contribution in [0, 0.1) is 12.7 Å². The first-order valence-electron chi connectivity index (χ1n) is 5.59. The molecule has 0 saturated carbocycles. The molecular weight excluding hydrogens is 267 g/mol. The van der Waals surface area contributed by atoms with Crippen molar-refractivity contribution in [3.8, 4) is 11.5 Å². The van der Waals surface area contributed by atoms with E-state index in [2.05, 4.69) is 0 Å². The van der Waals surface area contributed by atoms with Crippen LogP contribution < -0.4 is 9.47 Å². The van der Waals surface area contributed by atoms with Crippen LogP contribution in [0.3, 0.4) is 0 Å². The molecule has 0 aliphatic carbocycles. The first kappa shape index (κ1) is 13.5. The van der Waals surface area contributed by atoms with E-state index in [9.17, 15) is 9.18 Å². The maximum atomic E-state index is 13.9. The average Bonchev–Trinajstić information content (AvgIpc) is 2.84. The number of rotatable bonds is 4. The van der Waals surface area contributed by atoms with Crippen LogP contribution in [0.2, 0.25) is 0 Å². The summed E-state index contributed by atoms with van der Waals surface area (Å²) in [4.78, 5) is 13.7. The van der Waals surface area contributed by atoms with Crippen LogP contribution >= 0.6 is 11.3 Å². The quantitative estimate of drug-likeness (QED) is 0.805. The Bertz CT molecular complexity index is 619. The standard InChI is InChI=1S/C14H13FO3S/c1-8-4-5-13(19-8)14(16)9-6-11(17-2)12(18-3)7-10(9)15/h4-7H,1-3H3. The summed E-state index contributed by atoms with van der Waals surface area (Å²) in [6.45, 7) is 1.90. The number of hydrogen-bond donors (Lipinski definition) is 0. The Morgan fingerprint density at radius 3 is 2.32 bits per heavy atom. The van der Waals surface area contributed by atoms with Gasteiger partial charge in [0, 0.05) is 10.9 Å². The lowest BCUT2D eigenvalue weighted by Gasteiger charge is -2.09. The number of aryl methyl sites for hydroxylation is 1. The Labute approximate surface area is 114 Å². The zero-order valence-electron chi connectivity index (χ0n) is 10.8. The number of halogens is 1. The summed E-state index contributed by atoms with van der Waals surface area (Å²) in [7, 11) is 2.86. The van der Waals surface area contributed by atoms with Crippen LogP contribution in [0.5, 0.6) is 11.5 Å². The lowest BCUT2D eigenvalue weighted by atomic mass is 10.1. The predicted molar refractivity (Wildman–Crippen MR) is 72.0 cm³/mol. The minimum absolute atomic E-state index is 0.0144. The zero-order valence-corrected chi connectivity index (χ0v) is 11.6. The molecule has 1 aromatic carbocycles. The Kier molecular flexibility index (Phi) is 3.85. The molecule has 2 rings (SSSR count). The molecule has 1 aromatic heterocycles. The Balaban J connectivity index is 2.47. The van der Waals surface area contributed by atoms with Crippen molar-refractivity contribution in [2.24, 2.45) is 0 Å². The molecule has 0 aliphatic heterocycles. The van der Waals surface area contributed by atoms with Gasteiger partial charge < -0.3 is 9.47 Å². The van der Waals surface area contributed by atoms with Gasteiger partial charge >= 0.3 is 0 Å². The van der Waals surface area contributed by atoms with Gasteiger partial charge in [0.25, 0.3) is 0 Å². The van der Waals surface area contributed by atoms with E-state index in [-0.39, 0.29) is 17.1 Å². The van der Waals surface area contributed by atoms with E-state index in [1.807, 2.05) is 13.0 Å². The highest BCUT2D eigenvalue weighted by atomic mass is 32.1. The number of methoxy groups -OCH3 is 2. The van der Waals surface area contributed by atoms with Crippen LogP contribution in [-0.2, 0) is 0 Å². The van der Waals surface area contributed by atoms with Crippen LogP contribution in [0.25, 0.3) is 0 Å². The lowest BCUT2D eigenvalue weighted by molar-refractivity contribution is 0.103. The maximum Gasteiger partial charge on any atom is 0.206 e. The van der Waals surface area contributed by atoms with Gasteiger partial charge in [-0.15, -0.1) is 11.3 Å². The van der Waals surface area contributed by atoms with Crippen molar-refractivity contribution in [1.82, 2.24) is 0 Å². The molecule has 5 heteroatoms. The van der Waals surface area contributed by atoms with Crippen molar-refractivity contribution >= 4 is 17.1 Å². The first-order chi connectivity index (χ1) is 9.06. The summed E-state index contributed by atoms with van der Waals surface area (Å²) in [6, 6.07) is 6.05. The Morgan fingerprint density at radius 2 is 1.79 bits per heavy atom. The van der Waals surface area contributed by atoms with Crippen molar-refractivity contribution in [3.63, 3.8) is 0 Å². The van der Waals surface area contributed by atoms with Gasteiger partial charge in [-0.3, -0.25) is 4.79 Å². The number of hydrogen-bond acceptors (Lipinski definition) is 4. The molecule has 0 radical (unpaired) electrons.